The average molecular weight is 339 g/mol. The molecule has 0 amide bonds. The number of hydrogen-bond acceptors (Lipinski definition) is 3. The van der Waals surface area contributed by atoms with Crippen LogP contribution in [0.15, 0.2) is 29.2 Å². The zero-order valence-electron chi connectivity index (χ0n) is 12.0. The van der Waals surface area contributed by atoms with Gasteiger partial charge in [0.1, 0.15) is 0 Å². The summed E-state index contributed by atoms with van der Waals surface area (Å²) in [5.74, 6) is 0. The number of halogens is 4. The summed E-state index contributed by atoms with van der Waals surface area (Å²) in [6.07, 6.45) is -2.26. The normalized spacial score (nSPS) is 20.6. The van der Waals surface area contributed by atoms with Crippen LogP contribution in [0.4, 0.5) is 17.6 Å². The number of sulfone groups is 1. The molecule has 0 saturated carbocycles. The van der Waals surface area contributed by atoms with Crippen molar-refractivity contribution in [2.75, 3.05) is 13.1 Å². The van der Waals surface area contributed by atoms with Crippen LogP contribution < -0.4 is 0 Å². The third-order valence-corrected chi connectivity index (χ3v) is 6.04. The van der Waals surface area contributed by atoms with Gasteiger partial charge in [0.05, 0.1) is 10.5 Å². The molecule has 0 radical (unpaired) electrons. The van der Waals surface area contributed by atoms with Crippen molar-refractivity contribution < 1.29 is 26.0 Å². The number of likely N-dealkylation sites (tertiary alicyclic amines) is 1. The standard InChI is InChI=1S/C14H17F4NO2S/c1-13(15,19-9-3-2-4-10-19)22(20,21)12-7-5-11(6-8-12)14(16,17)18/h5-8H,2-4,9-10H2,1H3. The highest BCUT2D eigenvalue weighted by molar-refractivity contribution is 7.92. The maximum Gasteiger partial charge on any atom is 0.416 e. The Morgan fingerprint density at radius 1 is 0.955 bits per heavy atom. The molecule has 0 bridgehead atoms. The number of alkyl halides is 4. The van der Waals surface area contributed by atoms with Gasteiger partial charge in [-0.15, -0.1) is 0 Å². The van der Waals surface area contributed by atoms with Crippen LogP contribution >= 0.6 is 0 Å². The number of benzene rings is 1. The first kappa shape index (κ1) is 17.2. The third kappa shape index (κ3) is 3.12. The van der Waals surface area contributed by atoms with Crippen LogP contribution in [0.5, 0.6) is 0 Å². The lowest BCUT2D eigenvalue weighted by Gasteiger charge is -2.36. The summed E-state index contributed by atoms with van der Waals surface area (Å²) in [5, 5.41) is -2.63. The van der Waals surface area contributed by atoms with Crippen LogP contribution in [0, 0.1) is 0 Å². The van der Waals surface area contributed by atoms with Crippen LogP contribution in [-0.2, 0) is 16.0 Å². The van der Waals surface area contributed by atoms with Crippen molar-refractivity contribution in [3.05, 3.63) is 29.8 Å². The highest BCUT2D eigenvalue weighted by Crippen LogP contribution is 2.35. The Morgan fingerprint density at radius 2 is 1.45 bits per heavy atom. The van der Waals surface area contributed by atoms with Gasteiger partial charge in [0, 0.05) is 13.1 Å². The molecule has 124 valence electrons. The van der Waals surface area contributed by atoms with Gasteiger partial charge in [-0.2, -0.15) is 13.2 Å². The first-order valence-electron chi connectivity index (χ1n) is 6.92. The summed E-state index contributed by atoms with van der Waals surface area (Å²) in [6.45, 7) is 1.57. The summed E-state index contributed by atoms with van der Waals surface area (Å²) in [5.41, 5.74) is -0.968. The molecular formula is C14H17F4NO2S. The minimum atomic E-state index is -4.56. The summed E-state index contributed by atoms with van der Waals surface area (Å²) in [6, 6.07) is 2.91. The lowest BCUT2D eigenvalue weighted by molar-refractivity contribution is -0.137. The smallest absolute Gasteiger partial charge is 0.258 e. The zero-order chi connectivity index (χ0) is 16.6. The van der Waals surface area contributed by atoms with Gasteiger partial charge in [-0.1, -0.05) is 6.42 Å². The highest BCUT2D eigenvalue weighted by atomic mass is 32.2. The molecule has 1 fully saturated rings. The molecule has 0 aromatic heterocycles. The van der Waals surface area contributed by atoms with E-state index in [9.17, 15) is 26.0 Å². The van der Waals surface area contributed by atoms with Gasteiger partial charge in [-0.3, -0.25) is 4.90 Å². The summed E-state index contributed by atoms with van der Waals surface area (Å²) < 4.78 is 77.2. The fraction of sp³-hybridized carbons (Fsp3) is 0.571. The molecule has 22 heavy (non-hydrogen) atoms. The Kier molecular flexibility index (Phi) is 4.54. The second kappa shape index (κ2) is 5.81. The lowest BCUT2D eigenvalue weighted by atomic mass is 10.1. The predicted octanol–water partition coefficient (Wildman–Crippen LogP) is 3.61. The van der Waals surface area contributed by atoms with E-state index in [1.54, 1.807) is 0 Å². The predicted molar refractivity (Wildman–Crippen MR) is 73.6 cm³/mol. The van der Waals surface area contributed by atoms with Gasteiger partial charge in [0.2, 0.25) is 9.84 Å². The fourth-order valence-corrected chi connectivity index (χ4v) is 3.95. The van der Waals surface area contributed by atoms with E-state index in [1.165, 1.54) is 4.90 Å². The van der Waals surface area contributed by atoms with Gasteiger partial charge < -0.3 is 0 Å². The SMILES string of the molecule is CC(F)(N1CCCCC1)S(=O)(=O)c1ccc(C(F)(F)F)cc1. The largest absolute Gasteiger partial charge is 0.416 e. The molecule has 0 aliphatic carbocycles. The van der Waals surface area contributed by atoms with Gasteiger partial charge in [0.15, 0.2) is 0 Å². The van der Waals surface area contributed by atoms with E-state index in [2.05, 4.69) is 0 Å². The summed E-state index contributed by atoms with van der Waals surface area (Å²) in [7, 11) is -4.41. The van der Waals surface area contributed by atoms with E-state index in [0.29, 0.717) is 38.1 Å². The van der Waals surface area contributed by atoms with Crippen molar-refractivity contribution in [3.63, 3.8) is 0 Å². The zero-order valence-corrected chi connectivity index (χ0v) is 12.8. The number of hydrogen-bond donors (Lipinski definition) is 0. The second-order valence-corrected chi connectivity index (χ2v) is 7.67. The van der Waals surface area contributed by atoms with E-state index in [1.807, 2.05) is 0 Å². The molecule has 3 nitrogen and oxygen atoms in total. The first-order chi connectivity index (χ1) is 10.1. The highest BCUT2D eigenvalue weighted by Gasteiger charge is 2.46. The minimum absolute atomic E-state index is 0.312. The third-order valence-electron chi connectivity index (χ3n) is 3.90. The van der Waals surface area contributed by atoms with Gasteiger partial charge in [-0.25, -0.2) is 12.8 Å². The van der Waals surface area contributed by atoms with Crippen molar-refractivity contribution in [2.45, 2.75) is 42.4 Å². The Hall–Kier alpha value is -1.15. The summed E-state index contributed by atoms with van der Waals surface area (Å²) in [4.78, 5) is 0.778. The van der Waals surface area contributed by atoms with E-state index < -0.39 is 31.6 Å². The van der Waals surface area contributed by atoms with Crippen LogP contribution in [0.2, 0.25) is 0 Å². The molecule has 1 heterocycles. The van der Waals surface area contributed by atoms with Crippen LogP contribution in [0.25, 0.3) is 0 Å². The molecule has 8 heteroatoms. The molecule has 1 aromatic rings. The Morgan fingerprint density at radius 3 is 1.91 bits per heavy atom. The molecule has 2 rings (SSSR count). The molecule has 1 aliphatic rings. The van der Waals surface area contributed by atoms with E-state index in [4.69, 9.17) is 0 Å². The molecule has 1 saturated heterocycles. The van der Waals surface area contributed by atoms with Gasteiger partial charge in [0.25, 0.3) is 5.12 Å². The molecule has 1 unspecified atom stereocenters. The van der Waals surface area contributed by atoms with Crippen LogP contribution in [0.3, 0.4) is 0 Å². The van der Waals surface area contributed by atoms with E-state index in [0.717, 1.165) is 25.5 Å². The van der Waals surface area contributed by atoms with Crippen LogP contribution in [-0.4, -0.2) is 31.5 Å². The minimum Gasteiger partial charge on any atom is -0.258 e. The lowest BCUT2D eigenvalue weighted by Crippen LogP contribution is -2.50. The van der Waals surface area contributed by atoms with E-state index in [-0.39, 0.29) is 0 Å². The van der Waals surface area contributed by atoms with Crippen molar-refractivity contribution in [1.29, 1.82) is 0 Å². The molecule has 0 N–H and O–H groups in total. The number of nitrogens with zero attached hydrogens (tertiary/aromatic N) is 1. The van der Waals surface area contributed by atoms with Crippen molar-refractivity contribution in [2.24, 2.45) is 0 Å². The molecule has 1 aliphatic heterocycles. The maximum atomic E-state index is 14.9. The van der Waals surface area contributed by atoms with Gasteiger partial charge in [-0.05, 0) is 44.0 Å². The molecule has 1 aromatic carbocycles. The molecule has 0 spiro atoms. The number of rotatable bonds is 3. The molecular weight excluding hydrogens is 322 g/mol. The summed E-state index contributed by atoms with van der Waals surface area (Å²) >= 11 is 0. The fourth-order valence-electron chi connectivity index (χ4n) is 2.50. The van der Waals surface area contributed by atoms with Crippen molar-refractivity contribution in [3.8, 4) is 0 Å². The quantitative estimate of drug-likeness (QED) is 0.624. The molecule has 1 atom stereocenters. The Bertz CT molecular complexity index is 617. The Labute approximate surface area is 126 Å². The second-order valence-electron chi connectivity index (χ2n) is 5.44. The Balaban J connectivity index is 2.33. The monoisotopic (exact) mass is 339 g/mol. The van der Waals surface area contributed by atoms with E-state index >= 15 is 0 Å². The maximum absolute atomic E-state index is 14.9. The van der Waals surface area contributed by atoms with Gasteiger partial charge >= 0.3 is 6.18 Å². The average Bonchev–Trinajstić information content (AvgIpc) is 2.47. The number of piperidine rings is 1. The van der Waals surface area contributed by atoms with Crippen LogP contribution in [0.1, 0.15) is 31.7 Å². The first-order valence-corrected chi connectivity index (χ1v) is 8.41. The topological polar surface area (TPSA) is 37.4 Å². The van der Waals surface area contributed by atoms with Crippen molar-refractivity contribution >= 4 is 9.84 Å². The van der Waals surface area contributed by atoms with Crippen molar-refractivity contribution in [1.82, 2.24) is 4.90 Å².